The van der Waals surface area contributed by atoms with Gasteiger partial charge >= 0.3 is 0 Å². The van der Waals surface area contributed by atoms with Gasteiger partial charge in [-0.1, -0.05) is 18.2 Å². The number of nitrogens with zero attached hydrogens (tertiary/aromatic N) is 1. The maximum absolute atomic E-state index is 3.74. The predicted molar refractivity (Wildman–Crippen MR) is 56.6 cm³/mol. The summed E-state index contributed by atoms with van der Waals surface area (Å²) >= 11 is 1.80. The molecule has 0 N–H and O–H groups in total. The summed E-state index contributed by atoms with van der Waals surface area (Å²) in [6, 6.07) is 0. The summed E-state index contributed by atoms with van der Waals surface area (Å²) in [6.45, 7) is 9.30. The highest BCUT2D eigenvalue weighted by atomic mass is 32.2. The number of hydrogen-bond acceptors (Lipinski definition) is 2. The molecule has 0 aromatic heterocycles. The fraction of sp³-hybridized carbons (Fsp3) is 0.300. The first-order valence-corrected chi connectivity index (χ1v) is 4.90. The highest BCUT2D eigenvalue weighted by Gasteiger charge is 2.18. The molecule has 1 nitrogen and oxygen atoms in total. The first kappa shape index (κ1) is 9.62. The van der Waals surface area contributed by atoms with Crippen LogP contribution in [0.2, 0.25) is 0 Å². The fourth-order valence-electron chi connectivity index (χ4n) is 1.12. The molecule has 0 amide bonds. The second-order valence-corrected chi connectivity index (χ2v) is 3.55. The van der Waals surface area contributed by atoms with E-state index in [0.717, 1.165) is 19.5 Å². The van der Waals surface area contributed by atoms with Crippen LogP contribution in [-0.4, -0.2) is 18.0 Å². The Morgan fingerprint density at radius 3 is 2.50 bits per heavy atom. The molecular formula is C10H14NS. The molecule has 1 aliphatic heterocycles. The van der Waals surface area contributed by atoms with Crippen molar-refractivity contribution in [3.63, 3.8) is 0 Å². The van der Waals surface area contributed by atoms with Crippen molar-refractivity contribution in [1.29, 1.82) is 0 Å². The van der Waals surface area contributed by atoms with Crippen molar-refractivity contribution in [3.05, 3.63) is 42.2 Å². The minimum absolute atomic E-state index is 0.913. The molecule has 12 heavy (non-hydrogen) atoms. The van der Waals surface area contributed by atoms with E-state index in [0.29, 0.717) is 0 Å². The second kappa shape index (κ2) is 5.22. The lowest BCUT2D eigenvalue weighted by atomic mass is 10.3. The molecule has 1 rings (SSSR count). The lowest BCUT2D eigenvalue weighted by molar-refractivity contribution is 0.390. The van der Waals surface area contributed by atoms with Gasteiger partial charge in [-0.3, -0.25) is 4.90 Å². The van der Waals surface area contributed by atoms with Crippen molar-refractivity contribution in [2.75, 3.05) is 13.1 Å². The van der Waals surface area contributed by atoms with Gasteiger partial charge in [-0.05, 0) is 11.8 Å². The van der Waals surface area contributed by atoms with Gasteiger partial charge in [0.1, 0.15) is 5.37 Å². The topological polar surface area (TPSA) is 3.24 Å². The lowest BCUT2D eigenvalue weighted by Crippen LogP contribution is -2.25. The lowest BCUT2D eigenvalue weighted by Gasteiger charge is -2.23. The van der Waals surface area contributed by atoms with E-state index in [1.165, 1.54) is 5.37 Å². The van der Waals surface area contributed by atoms with Crippen LogP contribution in [0.15, 0.2) is 36.8 Å². The molecule has 1 aliphatic rings. The van der Waals surface area contributed by atoms with Crippen LogP contribution >= 0.6 is 11.8 Å². The quantitative estimate of drug-likeness (QED) is 0.598. The third-order valence-electron chi connectivity index (χ3n) is 1.64. The number of hydrogen-bond donors (Lipinski definition) is 0. The molecule has 65 valence electrons. The van der Waals surface area contributed by atoms with Crippen molar-refractivity contribution in [2.24, 2.45) is 0 Å². The van der Waals surface area contributed by atoms with Gasteiger partial charge in [-0.25, -0.2) is 0 Å². The Labute approximate surface area is 78.8 Å². The minimum Gasteiger partial charge on any atom is -0.279 e. The van der Waals surface area contributed by atoms with E-state index in [2.05, 4.69) is 29.5 Å². The molecule has 2 heteroatoms. The summed E-state index contributed by atoms with van der Waals surface area (Å²) in [5.74, 6) is 0. The number of rotatable bonds is 5. The standard InChI is InChI=1S/C10H14NS/c1-3-7-11(8-4-2)10-6-5-9-12-10/h3-5,9H,1-2,6-8H2. The van der Waals surface area contributed by atoms with Gasteiger partial charge in [0.25, 0.3) is 0 Å². The highest BCUT2D eigenvalue weighted by Crippen LogP contribution is 2.34. The van der Waals surface area contributed by atoms with Gasteiger partial charge in [0.05, 0.1) is 0 Å². The molecule has 0 bridgehead atoms. The Morgan fingerprint density at radius 1 is 1.42 bits per heavy atom. The van der Waals surface area contributed by atoms with Gasteiger partial charge in [-0.15, -0.1) is 24.9 Å². The smallest absolute Gasteiger partial charge is 0.104 e. The van der Waals surface area contributed by atoms with E-state index in [-0.39, 0.29) is 0 Å². The zero-order chi connectivity index (χ0) is 8.81. The Balaban J connectivity index is 2.40. The zero-order valence-corrected chi connectivity index (χ0v) is 8.02. The first-order chi connectivity index (χ1) is 5.88. The van der Waals surface area contributed by atoms with E-state index in [1.54, 1.807) is 11.8 Å². The van der Waals surface area contributed by atoms with Crippen LogP contribution in [0, 0.1) is 5.37 Å². The van der Waals surface area contributed by atoms with E-state index in [9.17, 15) is 0 Å². The molecule has 0 aromatic carbocycles. The van der Waals surface area contributed by atoms with Gasteiger partial charge in [-0.2, -0.15) is 0 Å². The Bertz CT molecular complexity index is 168. The zero-order valence-electron chi connectivity index (χ0n) is 7.20. The third-order valence-corrected chi connectivity index (χ3v) is 2.67. The molecule has 0 saturated heterocycles. The molecule has 1 radical (unpaired) electrons. The van der Waals surface area contributed by atoms with Gasteiger partial charge in [0.15, 0.2) is 0 Å². The van der Waals surface area contributed by atoms with Crippen LogP contribution in [0.5, 0.6) is 0 Å². The van der Waals surface area contributed by atoms with Crippen LogP contribution in [0.4, 0.5) is 0 Å². The van der Waals surface area contributed by atoms with Crippen LogP contribution in [-0.2, 0) is 0 Å². The summed E-state index contributed by atoms with van der Waals surface area (Å²) in [4.78, 5) is 2.28. The third kappa shape index (κ3) is 2.54. The molecule has 0 fully saturated rings. The SMILES string of the molecule is C=CCN(CC=C)[C]1CC=CS1. The van der Waals surface area contributed by atoms with E-state index < -0.39 is 0 Å². The minimum atomic E-state index is 0.913. The average molecular weight is 180 g/mol. The van der Waals surface area contributed by atoms with Gasteiger partial charge in [0, 0.05) is 13.1 Å². The van der Waals surface area contributed by atoms with Gasteiger partial charge in [0.2, 0.25) is 0 Å². The molecule has 0 saturated carbocycles. The van der Waals surface area contributed by atoms with E-state index >= 15 is 0 Å². The summed E-state index contributed by atoms with van der Waals surface area (Å²) in [7, 11) is 0. The molecule has 0 aromatic rings. The second-order valence-electron chi connectivity index (χ2n) is 2.57. The Hall–Kier alpha value is -0.470. The van der Waals surface area contributed by atoms with Crippen molar-refractivity contribution >= 4 is 11.8 Å². The maximum atomic E-state index is 3.74. The molecule has 1 heterocycles. The normalized spacial score (nSPS) is 17.1. The van der Waals surface area contributed by atoms with Gasteiger partial charge < -0.3 is 0 Å². The van der Waals surface area contributed by atoms with Crippen LogP contribution in [0.1, 0.15) is 6.42 Å². The number of thioether (sulfide) groups is 1. The molecule has 0 unspecified atom stereocenters. The molecular weight excluding hydrogens is 166 g/mol. The Morgan fingerprint density at radius 2 is 2.08 bits per heavy atom. The van der Waals surface area contributed by atoms with E-state index in [1.807, 2.05) is 12.2 Å². The molecule has 0 aliphatic carbocycles. The summed E-state index contributed by atoms with van der Waals surface area (Å²) in [6.07, 6.45) is 7.09. The maximum Gasteiger partial charge on any atom is 0.104 e. The van der Waals surface area contributed by atoms with Crippen LogP contribution in [0.25, 0.3) is 0 Å². The van der Waals surface area contributed by atoms with Crippen LogP contribution in [0.3, 0.4) is 0 Å². The fourth-order valence-corrected chi connectivity index (χ4v) is 1.96. The molecule has 0 spiro atoms. The van der Waals surface area contributed by atoms with Crippen LogP contribution < -0.4 is 0 Å². The summed E-state index contributed by atoms with van der Waals surface area (Å²) in [5, 5.41) is 3.53. The van der Waals surface area contributed by atoms with Crippen molar-refractivity contribution in [2.45, 2.75) is 6.42 Å². The van der Waals surface area contributed by atoms with Crippen molar-refractivity contribution < 1.29 is 0 Å². The highest BCUT2D eigenvalue weighted by molar-refractivity contribution is 8.05. The summed E-state index contributed by atoms with van der Waals surface area (Å²) in [5.41, 5.74) is 0. The summed E-state index contributed by atoms with van der Waals surface area (Å²) < 4.78 is 0. The monoisotopic (exact) mass is 180 g/mol. The average Bonchev–Trinajstić information content (AvgIpc) is 2.56. The molecule has 0 atom stereocenters. The predicted octanol–water partition coefficient (Wildman–Crippen LogP) is 2.80. The largest absolute Gasteiger partial charge is 0.279 e. The van der Waals surface area contributed by atoms with E-state index in [4.69, 9.17) is 0 Å². The van der Waals surface area contributed by atoms with Crippen molar-refractivity contribution in [3.8, 4) is 0 Å². The Kier molecular flexibility index (Phi) is 4.19. The first-order valence-electron chi connectivity index (χ1n) is 4.02. The van der Waals surface area contributed by atoms with Crippen molar-refractivity contribution in [1.82, 2.24) is 4.90 Å².